The van der Waals surface area contributed by atoms with E-state index in [9.17, 15) is 28.8 Å². The second-order valence-electron chi connectivity index (χ2n) is 12.9. The van der Waals surface area contributed by atoms with Crippen LogP contribution >= 0.6 is 12.8 Å². The van der Waals surface area contributed by atoms with Crippen molar-refractivity contribution in [3.63, 3.8) is 0 Å². The molecule has 13 heteroatoms. The molecule has 5 N–H and O–H groups in total. The first kappa shape index (κ1) is 45.8. The highest BCUT2D eigenvalue weighted by molar-refractivity contribution is 7.78. The van der Waals surface area contributed by atoms with Gasteiger partial charge in [0.15, 0.2) is 0 Å². The number of primary amides is 1. The molecule has 258 valence electrons. The predicted molar refractivity (Wildman–Crippen MR) is 178 cm³/mol. The van der Waals surface area contributed by atoms with Gasteiger partial charge in [0.25, 0.3) is 5.91 Å². The van der Waals surface area contributed by atoms with Crippen LogP contribution in [0.3, 0.4) is 0 Å². The first-order valence-electron chi connectivity index (χ1n) is 15.4. The number of nitrogens with zero attached hydrogens (tertiary/aromatic N) is 1. The summed E-state index contributed by atoms with van der Waals surface area (Å²) in [6.07, 6.45) is 1.41. The van der Waals surface area contributed by atoms with Crippen molar-refractivity contribution in [1.29, 1.82) is 0 Å². The lowest BCUT2D eigenvalue weighted by molar-refractivity contribution is -0.158. The maximum Gasteiger partial charge on any atom is 0.329 e. The molecule has 1 heterocycles. The largest absolute Gasteiger partial charge is 0.458 e. The number of thiol groups is 1. The summed E-state index contributed by atoms with van der Waals surface area (Å²) in [4.78, 5) is 71.5. The molecule has 0 saturated carbocycles. The Kier molecular flexibility index (Phi) is 23.7. The summed E-state index contributed by atoms with van der Waals surface area (Å²) in [6, 6.07) is -3.32. The molecule has 0 radical (unpaired) electrons. The number of likely N-dealkylation sites (tertiary alicyclic amines) is 1. The number of esters is 1. The molecule has 1 aliphatic rings. The van der Waals surface area contributed by atoms with Crippen LogP contribution in [0.15, 0.2) is 0 Å². The molecule has 44 heavy (non-hydrogen) atoms. The third-order valence-corrected chi connectivity index (χ3v) is 6.04. The number of aldehydes is 1. The molecule has 4 amide bonds. The average molecular weight is 648 g/mol. The number of hydrogen-bond donors (Lipinski definition) is 5. The van der Waals surface area contributed by atoms with Gasteiger partial charge >= 0.3 is 12.0 Å². The standard InChI is InChI=1S/C21H37N3O5.C4H8N2O2S.C4H10.C2H6/c1-12(2)16(18(26)24-10-14(5)9-15(24)11-25)22-20(28)23-17(13(3)4)19(27)29-21(6,7)8;1-2(6-9)3(7)4(5)8;1-4(2)3;1-2/h11-17H,9-10H2,1-8H3,(H2,22,23,28);2,6,9H,1H3,(H2,5,8);4H,1-3H3;1-2H3/t14-,15+,16?,17?;;;/m1.../s1. The minimum atomic E-state index is -0.941. The van der Waals surface area contributed by atoms with E-state index in [1.165, 1.54) is 11.8 Å². The topological polar surface area (TPSA) is 177 Å². The van der Waals surface area contributed by atoms with Gasteiger partial charge in [-0.3, -0.25) is 19.1 Å². The van der Waals surface area contributed by atoms with E-state index in [1.807, 2.05) is 34.6 Å². The summed E-state index contributed by atoms with van der Waals surface area (Å²) in [5.41, 5.74) is 3.98. The van der Waals surface area contributed by atoms with Crippen molar-refractivity contribution in [3.8, 4) is 0 Å². The highest BCUT2D eigenvalue weighted by Crippen LogP contribution is 2.23. The van der Waals surface area contributed by atoms with Crippen molar-refractivity contribution < 1.29 is 33.5 Å². The van der Waals surface area contributed by atoms with Crippen molar-refractivity contribution in [1.82, 2.24) is 20.3 Å². The first-order valence-corrected chi connectivity index (χ1v) is 15.8. The van der Waals surface area contributed by atoms with Crippen molar-refractivity contribution in [3.05, 3.63) is 0 Å². The Balaban J connectivity index is -0.000000927. The van der Waals surface area contributed by atoms with E-state index in [0.29, 0.717) is 13.0 Å². The van der Waals surface area contributed by atoms with Crippen LogP contribution in [0.5, 0.6) is 0 Å². The molecule has 0 aliphatic carbocycles. The molecule has 1 saturated heterocycles. The summed E-state index contributed by atoms with van der Waals surface area (Å²) in [5, 5.41) is 5.33. The van der Waals surface area contributed by atoms with E-state index in [0.717, 1.165) is 12.2 Å². The molecule has 1 fully saturated rings. The number of urea groups is 1. The van der Waals surface area contributed by atoms with E-state index in [-0.39, 0.29) is 23.7 Å². The number of Topliss-reactive ketones (excluding diaryl/α,β-unsaturated/α-hetero) is 1. The number of hydrogen-bond acceptors (Lipinski definition) is 9. The Morgan fingerprint density at radius 1 is 0.909 bits per heavy atom. The monoisotopic (exact) mass is 647 g/mol. The van der Waals surface area contributed by atoms with Gasteiger partial charge in [-0.25, -0.2) is 9.59 Å². The van der Waals surface area contributed by atoms with E-state index in [1.54, 1.807) is 34.6 Å². The van der Waals surface area contributed by atoms with Gasteiger partial charge in [0.05, 0.1) is 12.1 Å². The van der Waals surface area contributed by atoms with Crippen LogP contribution in [-0.2, 0) is 28.7 Å². The number of amides is 4. The summed E-state index contributed by atoms with van der Waals surface area (Å²) in [7, 11) is 0. The van der Waals surface area contributed by atoms with Crippen molar-refractivity contribution in [2.24, 2.45) is 29.4 Å². The normalized spacial score (nSPS) is 17.8. The van der Waals surface area contributed by atoms with Gasteiger partial charge in [0.2, 0.25) is 11.7 Å². The highest BCUT2D eigenvalue weighted by atomic mass is 32.1. The lowest BCUT2D eigenvalue weighted by Crippen LogP contribution is -2.57. The predicted octanol–water partition coefficient (Wildman–Crippen LogP) is 3.66. The Morgan fingerprint density at radius 2 is 1.34 bits per heavy atom. The van der Waals surface area contributed by atoms with E-state index < -0.39 is 53.5 Å². The van der Waals surface area contributed by atoms with Crippen LogP contribution < -0.4 is 21.1 Å². The van der Waals surface area contributed by atoms with Gasteiger partial charge in [-0.15, -0.1) is 0 Å². The minimum absolute atomic E-state index is 0.185. The van der Waals surface area contributed by atoms with Crippen LogP contribution in [0.4, 0.5) is 4.79 Å². The maximum atomic E-state index is 13.0. The summed E-state index contributed by atoms with van der Waals surface area (Å²) in [6.45, 7) is 27.0. The molecule has 12 nitrogen and oxygen atoms in total. The van der Waals surface area contributed by atoms with Crippen LogP contribution in [0.1, 0.15) is 103 Å². The smallest absolute Gasteiger partial charge is 0.329 e. The Bertz CT molecular complexity index is 904. The molecule has 0 aromatic carbocycles. The molecule has 0 aromatic rings. The Labute approximate surface area is 271 Å². The van der Waals surface area contributed by atoms with Crippen LogP contribution in [0, 0.1) is 23.7 Å². The number of ketones is 1. The SMILES string of the molecule is CC.CC(C)C.CC(C)C(NC(=O)NC(C(=O)N1C[C@H](C)C[C@H]1C=O)C(C)C)C(=O)OC(C)(C)C.CC(NS)C(=O)C(N)=O. The quantitative estimate of drug-likeness (QED) is 0.103. The second-order valence-corrected chi connectivity index (χ2v) is 13.2. The van der Waals surface area contributed by atoms with Crippen molar-refractivity contribution >= 4 is 48.7 Å². The van der Waals surface area contributed by atoms with Gasteiger partial charge in [0, 0.05) is 6.54 Å². The van der Waals surface area contributed by atoms with E-state index >= 15 is 0 Å². The molecule has 0 spiro atoms. The minimum Gasteiger partial charge on any atom is -0.458 e. The average Bonchev–Trinajstić information content (AvgIpc) is 3.29. The van der Waals surface area contributed by atoms with Crippen LogP contribution in [0.2, 0.25) is 0 Å². The molecule has 3 unspecified atom stereocenters. The number of carbonyl (C=O) groups is 6. The zero-order chi connectivity index (χ0) is 35.5. The Morgan fingerprint density at radius 3 is 1.66 bits per heavy atom. The van der Waals surface area contributed by atoms with Gasteiger partial charge in [-0.2, -0.15) is 0 Å². The molecule has 5 atom stereocenters. The number of ether oxygens (including phenoxy) is 1. The molecular weight excluding hydrogens is 586 g/mol. The van der Waals surface area contributed by atoms with E-state index in [2.05, 4.69) is 54.7 Å². The number of nitrogens with two attached hydrogens (primary N) is 1. The van der Waals surface area contributed by atoms with Gasteiger partial charge in [0.1, 0.15) is 24.0 Å². The molecule has 0 bridgehead atoms. The van der Waals surface area contributed by atoms with Gasteiger partial charge in [-0.05, 0) is 57.8 Å². The summed E-state index contributed by atoms with van der Waals surface area (Å²) >= 11 is 3.57. The van der Waals surface area contributed by atoms with Crippen LogP contribution in [-0.4, -0.2) is 77.1 Å². The zero-order valence-corrected chi connectivity index (χ0v) is 30.3. The highest BCUT2D eigenvalue weighted by Gasteiger charge is 2.38. The maximum absolute atomic E-state index is 13.0. The fourth-order valence-corrected chi connectivity index (χ4v) is 3.74. The number of rotatable bonds is 10. The molecular formula is C31H61N5O7S. The lowest BCUT2D eigenvalue weighted by Gasteiger charge is -2.30. The number of nitrogens with one attached hydrogen (secondary N) is 3. The molecule has 1 rings (SSSR count). The molecule has 0 aromatic heterocycles. The first-order chi connectivity index (χ1) is 20.1. The summed E-state index contributed by atoms with van der Waals surface area (Å²) < 4.78 is 7.68. The van der Waals surface area contributed by atoms with Crippen LogP contribution in [0.25, 0.3) is 0 Å². The fourth-order valence-electron chi connectivity index (χ4n) is 3.62. The zero-order valence-electron chi connectivity index (χ0n) is 29.4. The van der Waals surface area contributed by atoms with Gasteiger partial charge in [-0.1, -0.05) is 82.1 Å². The van der Waals surface area contributed by atoms with Gasteiger partial charge < -0.3 is 30.8 Å². The fraction of sp³-hybridized carbons (Fsp3) is 0.806. The third kappa shape index (κ3) is 19.6. The lowest BCUT2D eigenvalue weighted by atomic mass is 10.0. The second kappa shape index (κ2) is 22.8. The third-order valence-electron chi connectivity index (χ3n) is 5.66. The van der Waals surface area contributed by atoms with Crippen molar-refractivity contribution in [2.45, 2.75) is 133 Å². The van der Waals surface area contributed by atoms with E-state index in [4.69, 9.17) is 4.74 Å². The van der Waals surface area contributed by atoms with Crippen molar-refractivity contribution in [2.75, 3.05) is 6.54 Å². The molecule has 1 aliphatic heterocycles. The Hall–Kier alpha value is -2.67. The summed E-state index contributed by atoms with van der Waals surface area (Å²) in [5.74, 6) is -1.72. The number of carbonyl (C=O) groups excluding carboxylic acids is 6.